The number of rotatable bonds is 2. The Morgan fingerprint density at radius 3 is 2.74 bits per heavy atom. The van der Waals surface area contributed by atoms with E-state index in [1.165, 1.54) is 0 Å². The molecule has 0 fully saturated rings. The molecular weight excluding hydrogens is 312 g/mol. The predicted molar refractivity (Wildman–Crippen MR) is 92.8 cm³/mol. The first-order chi connectivity index (χ1) is 11.0. The highest BCUT2D eigenvalue weighted by Gasteiger charge is 2.30. The van der Waals surface area contributed by atoms with Crippen molar-refractivity contribution >= 4 is 23.3 Å². The summed E-state index contributed by atoms with van der Waals surface area (Å²) in [5.41, 5.74) is 15.9. The van der Waals surface area contributed by atoms with Gasteiger partial charge in [-0.05, 0) is 37.3 Å². The Morgan fingerprint density at radius 1 is 1.30 bits per heavy atom. The molecule has 0 spiro atoms. The second-order valence-electron chi connectivity index (χ2n) is 5.73. The van der Waals surface area contributed by atoms with Crippen LogP contribution in [0.25, 0.3) is 0 Å². The van der Waals surface area contributed by atoms with Crippen LogP contribution in [0.4, 0.5) is 0 Å². The SMILES string of the molecule is Cc1nn(C)c2c1/C(=N\N=C(N)N)CC(c1ccccc1Cl)C2. The molecule has 1 aromatic heterocycles. The first kappa shape index (κ1) is 15.6. The van der Waals surface area contributed by atoms with Gasteiger partial charge in [-0.1, -0.05) is 29.8 Å². The Labute approximate surface area is 139 Å². The van der Waals surface area contributed by atoms with Crippen molar-refractivity contribution < 1.29 is 0 Å². The molecule has 1 aliphatic rings. The van der Waals surface area contributed by atoms with Crippen LogP contribution in [0.15, 0.2) is 34.5 Å². The van der Waals surface area contributed by atoms with Gasteiger partial charge >= 0.3 is 0 Å². The van der Waals surface area contributed by atoms with Crippen LogP contribution in [0, 0.1) is 6.92 Å². The highest BCUT2D eigenvalue weighted by atomic mass is 35.5. The minimum atomic E-state index is -0.0551. The molecule has 0 aliphatic heterocycles. The maximum atomic E-state index is 6.38. The second kappa shape index (κ2) is 6.04. The fourth-order valence-corrected chi connectivity index (χ4v) is 3.48. The van der Waals surface area contributed by atoms with Gasteiger partial charge in [-0.15, -0.1) is 5.10 Å². The molecule has 6 nitrogen and oxygen atoms in total. The Balaban J connectivity index is 2.09. The molecule has 0 bridgehead atoms. The van der Waals surface area contributed by atoms with Crippen molar-refractivity contribution in [3.8, 4) is 0 Å². The molecule has 0 saturated carbocycles. The van der Waals surface area contributed by atoms with Crippen molar-refractivity contribution in [3.63, 3.8) is 0 Å². The summed E-state index contributed by atoms with van der Waals surface area (Å²) in [6, 6.07) is 7.90. The largest absolute Gasteiger partial charge is 0.369 e. The molecule has 3 rings (SSSR count). The van der Waals surface area contributed by atoms with E-state index in [1.54, 1.807) is 0 Å². The second-order valence-corrected chi connectivity index (χ2v) is 6.14. The summed E-state index contributed by atoms with van der Waals surface area (Å²) in [5, 5.41) is 13.4. The number of nitrogens with zero attached hydrogens (tertiary/aromatic N) is 4. The molecule has 2 aromatic rings. The van der Waals surface area contributed by atoms with Gasteiger partial charge in [-0.3, -0.25) is 4.68 Å². The number of hydrogen-bond acceptors (Lipinski definition) is 3. The minimum Gasteiger partial charge on any atom is -0.369 e. The number of guanidine groups is 1. The lowest BCUT2D eigenvalue weighted by atomic mass is 9.81. The first-order valence-electron chi connectivity index (χ1n) is 7.40. The van der Waals surface area contributed by atoms with Crippen LogP contribution in [0.2, 0.25) is 5.02 Å². The van der Waals surface area contributed by atoms with Crippen molar-refractivity contribution in [1.82, 2.24) is 9.78 Å². The first-order valence-corrected chi connectivity index (χ1v) is 7.78. The number of aromatic nitrogens is 2. The Hall–Kier alpha value is -2.34. The van der Waals surface area contributed by atoms with Crippen molar-refractivity contribution in [2.45, 2.75) is 25.7 Å². The zero-order valence-electron chi connectivity index (χ0n) is 13.1. The van der Waals surface area contributed by atoms with E-state index in [0.717, 1.165) is 46.1 Å². The minimum absolute atomic E-state index is 0.0551. The third kappa shape index (κ3) is 2.94. The molecule has 1 aromatic carbocycles. The van der Waals surface area contributed by atoms with E-state index in [9.17, 15) is 0 Å². The fourth-order valence-electron chi connectivity index (χ4n) is 3.19. The molecule has 0 amide bonds. The summed E-state index contributed by atoms with van der Waals surface area (Å²) < 4.78 is 1.90. The van der Waals surface area contributed by atoms with E-state index < -0.39 is 0 Å². The summed E-state index contributed by atoms with van der Waals surface area (Å²) in [4.78, 5) is 0. The molecule has 0 saturated heterocycles. The van der Waals surface area contributed by atoms with Crippen LogP contribution in [0.5, 0.6) is 0 Å². The Kier molecular flexibility index (Phi) is 4.09. The third-order valence-electron chi connectivity index (χ3n) is 4.14. The lowest BCUT2D eigenvalue weighted by Gasteiger charge is -2.25. The third-order valence-corrected chi connectivity index (χ3v) is 4.48. The van der Waals surface area contributed by atoms with Crippen molar-refractivity contribution in [1.29, 1.82) is 0 Å². The summed E-state index contributed by atoms with van der Waals surface area (Å²) in [6.07, 6.45) is 1.58. The van der Waals surface area contributed by atoms with E-state index in [2.05, 4.69) is 21.4 Å². The molecule has 1 atom stereocenters. The highest BCUT2D eigenvalue weighted by molar-refractivity contribution is 6.31. The number of aryl methyl sites for hydroxylation is 2. The van der Waals surface area contributed by atoms with E-state index in [-0.39, 0.29) is 11.9 Å². The smallest absolute Gasteiger partial charge is 0.211 e. The molecule has 1 heterocycles. The fraction of sp³-hybridized carbons (Fsp3) is 0.312. The van der Waals surface area contributed by atoms with Crippen LogP contribution in [0.1, 0.15) is 34.9 Å². The number of benzene rings is 1. The van der Waals surface area contributed by atoms with Gasteiger partial charge in [-0.25, -0.2) is 0 Å². The van der Waals surface area contributed by atoms with E-state index in [4.69, 9.17) is 23.1 Å². The lowest BCUT2D eigenvalue weighted by molar-refractivity contribution is 0.625. The van der Waals surface area contributed by atoms with Gasteiger partial charge in [0.1, 0.15) is 0 Å². The standard InChI is InChI=1S/C16H19ClN6/c1-9-15-13(20-21-16(18)19)7-10(8-14(15)23(2)22-9)11-5-3-4-6-12(11)17/h3-6,10H,7-8H2,1-2H3,(H4,18,19,21)/b20-13-. The molecule has 120 valence electrons. The average Bonchev–Trinajstić information content (AvgIpc) is 2.80. The van der Waals surface area contributed by atoms with Crippen molar-refractivity contribution in [3.05, 3.63) is 51.8 Å². The van der Waals surface area contributed by atoms with Crippen LogP contribution in [-0.2, 0) is 13.5 Å². The summed E-state index contributed by atoms with van der Waals surface area (Å²) in [6.45, 7) is 1.97. The van der Waals surface area contributed by atoms with Crippen LogP contribution in [-0.4, -0.2) is 21.5 Å². The molecule has 0 radical (unpaired) electrons. The van der Waals surface area contributed by atoms with Gasteiger partial charge in [-0.2, -0.15) is 10.2 Å². The molecule has 23 heavy (non-hydrogen) atoms. The Morgan fingerprint density at radius 2 is 2.04 bits per heavy atom. The van der Waals surface area contributed by atoms with Crippen LogP contribution in [0.3, 0.4) is 0 Å². The van der Waals surface area contributed by atoms with Crippen molar-refractivity contribution in [2.24, 2.45) is 28.7 Å². The zero-order valence-corrected chi connectivity index (χ0v) is 13.9. The van der Waals surface area contributed by atoms with Crippen LogP contribution < -0.4 is 11.5 Å². The van der Waals surface area contributed by atoms with Gasteiger partial charge in [0.25, 0.3) is 0 Å². The normalized spacial score (nSPS) is 18.7. The topological polar surface area (TPSA) is 94.6 Å². The van der Waals surface area contributed by atoms with Gasteiger partial charge in [0.05, 0.1) is 11.4 Å². The van der Waals surface area contributed by atoms with E-state index >= 15 is 0 Å². The lowest BCUT2D eigenvalue weighted by Crippen LogP contribution is -2.24. The quantitative estimate of drug-likeness (QED) is 0.501. The van der Waals surface area contributed by atoms with E-state index in [0.29, 0.717) is 0 Å². The number of nitrogens with two attached hydrogens (primary N) is 2. The number of fused-ring (bicyclic) bond motifs is 1. The maximum absolute atomic E-state index is 6.38. The van der Waals surface area contributed by atoms with Gasteiger partial charge in [0, 0.05) is 23.3 Å². The van der Waals surface area contributed by atoms with Gasteiger partial charge < -0.3 is 11.5 Å². The molecule has 1 aliphatic carbocycles. The van der Waals surface area contributed by atoms with Gasteiger partial charge in [0.15, 0.2) is 0 Å². The maximum Gasteiger partial charge on any atom is 0.211 e. The van der Waals surface area contributed by atoms with Crippen molar-refractivity contribution in [2.75, 3.05) is 0 Å². The zero-order chi connectivity index (χ0) is 16.6. The average molecular weight is 331 g/mol. The molecular formula is C16H19ClN6. The van der Waals surface area contributed by atoms with Crippen LogP contribution >= 0.6 is 11.6 Å². The van der Waals surface area contributed by atoms with Gasteiger partial charge in [0.2, 0.25) is 5.96 Å². The Bertz CT molecular complexity index is 801. The monoisotopic (exact) mass is 330 g/mol. The summed E-state index contributed by atoms with van der Waals surface area (Å²) >= 11 is 6.38. The number of halogens is 1. The summed E-state index contributed by atoms with van der Waals surface area (Å²) in [7, 11) is 1.94. The molecule has 1 unspecified atom stereocenters. The predicted octanol–water partition coefficient (Wildman–Crippen LogP) is 2.09. The summed E-state index contributed by atoms with van der Waals surface area (Å²) in [5.74, 6) is 0.166. The highest BCUT2D eigenvalue weighted by Crippen LogP contribution is 2.37. The molecule has 7 heteroatoms. The number of hydrogen-bond donors (Lipinski definition) is 2. The van der Waals surface area contributed by atoms with E-state index in [1.807, 2.05) is 36.9 Å². The molecule has 4 N–H and O–H groups in total.